The summed E-state index contributed by atoms with van der Waals surface area (Å²) < 4.78 is 0. The Hall–Kier alpha value is -1.61. The molecule has 0 spiro atoms. The Labute approximate surface area is 115 Å². The van der Waals surface area contributed by atoms with E-state index in [1.165, 1.54) is 11.6 Å². The summed E-state index contributed by atoms with van der Waals surface area (Å²) in [5, 5.41) is 12.5. The molecule has 1 rings (SSSR count). The van der Waals surface area contributed by atoms with E-state index in [4.69, 9.17) is 0 Å². The van der Waals surface area contributed by atoms with Crippen LogP contribution in [0.5, 0.6) is 0 Å². The summed E-state index contributed by atoms with van der Waals surface area (Å²) in [6, 6.07) is 6.10. The minimum Gasteiger partial charge on any atom is -0.388 e. The maximum atomic E-state index is 11.6. The van der Waals surface area contributed by atoms with Crippen LogP contribution < -0.4 is 5.32 Å². The van der Waals surface area contributed by atoms with E-state index < -0.39 is 5.60 Å². The lowest BCUT2D eigenvalue weighted by Gasteiger charge is -2.20. The highest BCUT2D eigenvalue weighted by Crippen LogP contribution is 2.12. The van der Waals surface area contributed by atoms with E-state index in [2.05, 4.69) is 11.4 Å². The zero-order valence-corrected chi connectivity index (χ0v) is 12.2. The van der Waals surface area contributed by atoms with Crippen molar-refractivity contribution in [2.45, 2.75) is 39.7 Å². The second kappa shape index (κ2) is 6.53. The van der Waals surface area contributed by atoms with Gasteiger partial charge in [0, 0.05) is 12.6 Å². The monoisotopic (exact) mass is 261 g/mol. The van der Waals surface area contributed by atoms with E-state index in [1.54, 1.807) is 13.0 Å². The number of benzene rings is 1. The van der Waals surface area contributed by atoms with Gasteiger partial charge in [0.1, 0.15) is 0 Å². The van der Waals surface area contributed by atoms with Gasteiger partial charge in [0.15, 0.2) is 0 Å². The highest BCUT2D eigenvalue weighted by atomic mass is 16.3. The fourth-order valence-electron chi connectivity index (χ4n) is 1.64. The number of amides is 1. The molecule has 3 heteroatoms. The van der Waals surface area contributed by atoms with Crippen LogP contribution in [0.2, 0.25) is 0 Å². The molecule has 3 nitrogen and oxygen atoms in total. The van der Waals surface area contributed by atoms with Crippen molar-refractivity contribution in [1.29, 1.82) is 0 Å². The molecule has 2 N–H and O–H groups in total. The Kier molecular flexibility index (Phi) is 5.31. The first-order chi connectivity index (χ1) is 8.84. The Morgan fingerprint density at radius 2 is 2.11 bits per heavy atom. The first-order valence-electron chi connectivity index (χ1n) is 6.59. The van der Waals surface area contributed by atoms with Crippen LogP contribution >= 0.6 is 0 Å². The largest absolute Gasteiger partial charge is 0.388 e. The van der Waals surface area contributed by atoms with Gasteiger partial charge in [-0.3, -0.25) is 4.79 Å². The lowest BCUT2D eigenvalue weighted by Crippen LogP contribution is -2.39. The Balaban J connectivity index is 2.59. The predicted molar refractivity (Wildman–Crippen MR) is 78.9 cm³/mol. The van der Waals surface area contributed by atoms with Gasteiger partial charge in [-0.2, -0.15) is 0 Å². The molecule has 0 heterocycles. The van der Waals surface area contributed by atoms with Crippen LogP contribution in [0, 0.1) is 13.8 Å². The van der Waals surface area contributed by atoms with Gasteiger partial charge in [-0.25, -0.2) is 0 Å². The van der Waals surface area contributed by atoms with Crippen LogP contribution in [0.25, 0.3) is 6.08 Å². The van der Waals surface area contributed by atoms with Crippen LogP contribution in [0.15, 0.2) is 24.3 Å². The molecule has 1 aromatic carbocycles. The van der Waals surface area contributed by atoms with Gasteiger partial charge in [-0.15, -0.1) is 0 Å². The fourth-order valence-corrected chi connectivity index (χ4v) is 1.64. The van der Waals surface area contributed by atoms with Crippen LogP contribution in [-0.4, -0.2) is 23.2 Å². The SMILES string of the molecule is CCC(C)(O)CNC(=O)C=Cc1ccc(C)cc1C. The zero-order chi connectivity index (χ0) is 14.5. The van der Waals surface area contributed by atoms with Crippen molar-refractivity contribution in [3.05, 3.63) is 41.0 Å². The van der Waals surface area contributed by atoms with Crippen LogP contribution in [0.1, 0.15) is 37.0 Å². The minimum atomic E-state index is -0.844. The minimum absolute atomic E-state index is 0.186. The smallest absolute Gasteiger partial charge is 0.244 e. The molecule has 0 aliphatic heterocycles. The molecule has 0 radical (unpaired) electrons. The summed E-state index contributed by atoms with van der Waals surface area (Å²) in [6.07, 6.45) is 3.90. The van der Waals surface area contributed by atoms with E-state index in [9.17, 15) is 9.90 Å². The Morgan fingerprint density at radius 1 is 1.42 bits per heavy atom. The third kappa shape index (κ3) is 5.26. The van der Waals surface area contributed by atoms with Crippen molar-refractivity contribution in [1.82, 2.24) is 5.32 Å². The molecule has 0 aliphatic rings. The molecule has 19 heavy (non-hydrogen) atoms. The molecule has 1 atom stereocenters. The number of hydrogen-bond acceptors (Lipinski definition) is 2. The Morgan fingerprint density at radius 3 is 2.68 bits per heavy atom. The third-order valence-electron chi connectivity index (χ3n) is 3.24. The lowest BCUT2D eigenvalue weighted by molar-refractivity contribution is -0.117. The van der Waals surface area contributed by atoms with Crippen molar-refractivity contribution >= 4 is 12.0 Å². The maximum absolute atomic E-state index is 11.6. The van der Waals surface area contributed by atoms with Gasteiger partial charge in [0.05, 0.1) is 5.60 Å². The normalized spacial score (nSPS) is 14.4. The van der Waals surface area contributed by atoms with E-state index >= 15 is 0 Å². The van der Waals surface area contributed by atoms with Crippen molar-refractivity contribution in [2.75, 3.05) is 6.54 Å². The quantitative estimate of drug-likeness (QED) is 0.800. The second-order valence-corrected chi connectivity index (χ2v) is 5.26. The summed E-state index contributed by atoms with van der Waals surface area (Å²) >= 11 is 0. The van der Waals surface area contributed by atoms with Gasteiger partial charge in [-0.05, 0) is 44.4 Å². The van der Waals surface area contributed by atoms with Gasteiger partial charge >= 0.3 is 0 Å². The van der Waals surface area contributed by atoms with Crippen LogP contribution in [0.3, 0.4) is 0 Å². The van der Waals surface area contributed by atoms with Crippen molar-refractivity contribution in [3.63, 3.8) is 0 Å². The molecule has 0 fully saturated rings. The van der Waals surface area contributed by atoms with Crippen LogP contribution in [-0.2, 0) is 4.79 Å². The molecule has 1 amide bonds. The zero-order valence-electron chi connectivity index (χ0n) is 12.2. The summed E-state index contributed by atoms with van der Waals surface area (Å²) in [5.41, 5.74) is 2.54. The molecule has 104 valence electrons. The molecular formula is C16H23NO2. The Bertz CT molecular complexity index is 476. The lowest BCUT2D eigenvalue weighted by atomic mass is 10.0. The average Bonchev–Trinajstić information content (AvgIpc) is 2.35. The van der Waals surface area contributed by atoms with E-state index in [0.717, 1.165) is 11.1 Å². The van der Waals surface area contributed by atoms with E-state index in [1.807, 2.05) is 32.9 Å². The number of carbonyl (C=O) groups excluding carboxylic acids is 1. The van der Waals surface area contributed by atoms with Crippen molar-refractivity contribution < 1.29 is 9.90 Å². The van der Waals surface area contributed by atoms with Gasteiger partial charge in [0.25, 0.3) is 0 Å². The standard InChI is InChI=1S/C16H23NO2/c1-5-16(4,19)11-17-15(18)9-8-14-7-6-12(2)10-13(14)3/h6-10,19H,5,11H2,1-4H3,(H,17,18). The molecule has 0 saturated carbocycles. The number of nitrogens with one attached hydrogen (secondary N) is 1. The first kappa shape index (κ1) is 15.4. The number of aryl methyl sites for hydroxylation is 2. The van der Waals surface area contributed by atoms with Crippen molar-refractivity contribution in [2.24, 2.45) is 0 Å². The molecule has 0 saturated heterocycles. The summed E-state index contributed by atoms with van der Waals surface area (Å²) in [4.78, 5) is 11.6. The first-order valence-corrected chi connectivity index (χ1v) is 6.59. The maximum Gasteiger partial charge on any atom is 0.244 e. The van der Waals surface area contributed by atoms with Gasteiger partial charge in [0.2, 0.25) is 5.91 Å². The van der Waals surface area contributed by atoms with Crippen molar-refractivity contribution in [3.8, 4) is 0 Å². The molecule has 0 aromatic heterocycles. The predicted octanol–water partition coefficient (Wildman–Crippen LogP) is 2.59. The van der Waals surface area contributed by atoms with Crippen LogP contribution in [0.4, 0.5) is 0 Å². The second-order valence-electron chi connectivity index (χ2n) is 5.26. The van der Waals surface area contributed by atoms with E-state index in [-0.39, 0.29) is 12.5 Å². The van der Waals surface area contributed by atoms with Gasteiger partial charge in [-0.1, -0.05) is 30.7 Å². The molecule has 0 bridgehead atoms. The summed E-state index contributed by atoms with van der Waals surface area (Å²) in [6.45, 7) is 7.92. The van der Waals surface area contributed by atoms with E-state index in [0.29, 0.717) is 6.42 Å². The number of carbonyl (C=O) groups is 1. The topological polar surface area (TPSA) is 49.3 Å². The summed E-state index contributed by atoms with van der Waals surface area (Å²) in [5.74, 6) is -0.186. The average molecular weight is 261 g/mol. The summed E-state index contributed by atoms with van der Waals surface area (Å²) in [7, 11) is 0. The number of rotatable bonds is 5. The third-order valence-corrected chi connectivity index (χ3v) is 3.24. The highest BCUT2D eigenvalue weighted by molar-refractivity contribution is 5.91. The molecular weight excluding hydrogens is 238 g/mol. The fraction of sp³-hybridized carbons (Fsp3) is 0.438. The molecule has 1 aromatic rings. The highest BCUT2D eigenvalue weighted by Gasteiger charge is 2.17. The number of aliphatic hydroxyl groups is 1. The van der Waals surface area contributed by atoms with Gasteiger partial charge < -0.3 is 10.4 Å². The number of hydrogen-bond donors (Lipinski definition) is 2. The molecule has 1 unspecified atom stereocenters. The molecule has 0 aliphatic carbocycles.